The molecule has 2 aromatic carbocycles. The van der Waals surface area contributed by atoms with Crippen LogP contribution in [0.4, 0.5) is 11.4 Å². The summed E-state index contributed by atoms with van der Waals surface area (Å²) >= 11 is 6.20. The molecule has 1 saturated heterocycles. The van der Waals surface area contributed by atoms with Gasteiger partial charge in [-0.3, -0.25) is 14.4 Å². The lowest BCUT2D eigenvalue weighted by Crippen LogP contribution is -2.38. The Bertz CT molecular complexity index is 1120. The molecule has 0 radical (unpaired) electrons. The van der Waals surface area contributed by atoms with Crippen LogP contribution >= 0.6 is 11.6 Å². The summed E-state index contributed by atoms with van der Waals surface area (Å²) in [5, 5.41) is 3.19. The maximum atomic E-state index is 13.7. The van der Waals surface area contributed by atoms with E-state index in [9.17, 15) is 14.4 Å². The molecule has 166 valence electrons. The highest BCUT2D eigenvalue weighted by molar-refractivity contribution is 6.45. The monoisotopic (exact) mass is 451 g/mol. The normalized spacial score (nSPS) is 17.4. The summed E-state index contributed by atoms with van der Waals surface area (Å²) in [5.41, 5.74) is 3.40. The Balaban J connectivity index is 1.79. The summed E-state index contributed by atoms with van der Waals surface area (Å²) in [6, 6.07) is 12.2. The second-order valence-electron chi connectivity index (χ2n) is 8.53. The number of hydrogen-bond donors (Lipinski definition) is 1. The topological polar surface area (TPSA) is 69.7 Å². The third-order valence-corrected chi connectivity index (χ3v) is 6.30. The third-order valence-electron chi connectivity index (χ3n) is 6.07. The predicted molar refractivity (Wildman–Crippen MR) is 126 cm³/mol. The average Bonchev–Trinajstić information content (AvgIpc) is 3.01. The van der Waals surface area contributed by atoms with Crippen LogP contribution in [-0.4, -0.2) is 35.7 Å². The van der Waals surface area contributed by atoms with Crippen LogP contribution in [0.5, 0.6) is 0 Å². The lowest BCUT2D eigenvalue weighted by molar-refractivity contribution is -0.121. The maximum Gasteiger partial charge on any atom is 0.282 e. The van der Waals surface area contributed by atoms with Crippen molar-refractivity contribution in [3.05, 3.63) is 64.3 Å². The van der Waals surface area contributed by atoms with Gasteiger partial charge in [0.05, 0.1) is 11.3 Å². The quantitative estimate of drug-likeness (QED) is 0.688. The fourth-order valence-corrected chi connectivity index (χ4v) is 4.44. The molecule has 0 saturated carbocycles. The van der Waals surface area contributed by atoms with Gasteiger partial charge >= 0.3 is 0 Å². The van der Waals surface area contributed by atoms with Crippen LogP contribution in [0.2, 0.25) is 5.02 Å². The smallest absolute Gasteiger partial charge is 0.282 e. The number of carbonyl (C=O) groups excluding carboxylic acids is 3. The van der Waals surface area contributed by atoms with Gasteiger partial charge in [0.15, 0.2) is 0 Å². The molecule has 0 aromatic heterocycles. The number of likely N-dealkylation sites (tertiary alicyclic amines) is 1. The molecule has 2 aliphatic heterocycles. The van der Waals surface area contributed by atoms with Crippen molar-refractivity contribution in [3.8, 4) is 0 Å². The average molecular weight is 452 g/mol. The van der Waals surface area contributed by atoms with Gasteiger partial charge in [-0.25, -0.2) is 4.90 Å². The minimum atomic E-state index is -0.360. The Kier molecular flexibility index (Phi) is 6.07. The Morgan fingerprint density at radius 3 is 2.31 bits per heavy atom. The van der Waals surface area contributed by atoms with Crippen LogP contribution in [-0.2, 0) is 14.4 Å². The summed E-state index contributed by atoms with van der Waals surface area (Å²) in [7, 11) is 0. The van der Waals surface area contributed by atoms with Crippen molar-refractivity contribution in [1.29, 1.82) is 0 Å². The molecule has 1 N–H and O–H groups in total. The number of piperidine rings is 1. The van der Waals surface area contributed by atoms with Crippen LogP contribution in [0.1, 0.15) is 37.8 Å². The molecule has 0 atom stereocenters. The van der Waals surface area contributed by atoms with Gasteiger partial charge in [0, 0.05) is 30.7 Å². The predicted octanol–water partition coefficient (Wildman–Crippen LogP) is 4.62. The molecule has 3 amide bonds. The van der Waals surface area contributed by atoms with Gasteiger partial charge in [-0.15, -0.1) is 0 Å². The Hall–Kier alpha value is -3.12. The number of carbonyl (C=O) groups is 3. The number of hydrogen-bond acceptors (Lipinski definition) is 4. The molecule has 2 aliphatic rings. The van der Waals surface area contributed by atoms with Gasteiger partial charge in [0.25, 0.3) is 11.8 Å². The van der Waals surface area contributed by atoms with E-state index in [4.69, 9.17) is 11.6 Å². The molecule has 0 spiro atoms. The molecule has 0 bridgehead atoms. The van der Waals surface area contributed by atoms with Crippen LogP contribution in [0.25, 0.3) is 5.57 Å². The fourth-order valence-electron chi connectivity index (χ4n) is 4.27. The van der Waals surface area contributed by atoms with E-state index in [0.717, 1.165) is 31.5 Å². The van der Waals surface area contributed by atoms with E-state index in [1.165, 1.54) is 11.8 Å². The molecule has 6 nitrogen and oxygen atoms in total. The summed E-state index contributed by atoms with van der Waals surface area (Å²) in [6.07, 6.45) is 1.94. The van der Waals surface area contributed by atoms with Gasteiger partial charge in [-0.05, 0) is 61.1 Å². The van der Waals surface area contributed by atoms with E-state index >= 15 is 0 Å². The van der Waals surface area contributed by atoms with Crippen LogP contribution in [0.15, 0.2) is 48.2 Å². The van der Waals surface area contributed by atoms with Crippen molar-refractivity contribution >= 4 is 46.3 Å². The van der Waals surface area contributed by atoms with Gasteiger partial charge in [-0.1, -0.05) is 36.7 Å². The first kappa shape index (κ1) is 22.1. The lowest BCUT2D eigenvalue weighted by atomic mass is 9.97. The zero-order chi connectivity index (χ0) is 23.0. The molecular weight excluding hydrogens is 426 g/mol. The third kappa shape index (κ3) is 4.15. The largest absolute Gasteiger partial charge is 0.366 e. The maximum absolute atomic E-state index is 13.7. The molecule has 1 fully saturated rings. The number of halogens is 1. The molecular formula is C25H26ClN3O3. The first-order valence-electron chi connectivity index (χ1n) is 10.8. The van der Waals surface area contributed by atoms with Gasteiger partial charge in [-0.2, -0.15) is 0 Å². The molecule has 4 rings (SSSR count). The van der Waals surface area contributed by atoms with E-state index < -0.39 is 0 Å². The zero-order valence-electron chi connectivity index (χ0n) is 18.4. The Morgan fingerprint density at radius 1 is 1.03 bits per heavy atom. The fraction of sp³-hybridized carbons (Fsp3) is 0.320. The van der Waals surface area contributed by atoms with E-state index in [0.29, 0.717) is 39.1 Å². The summed E-state index contributed by atoms with van der Waals surface area (Å²) < 4.78 is 0. The SMILES string of the molecule is CC(=O)Nc1ccc(C2=C(N3CCC(C)CC3)C(=O)N(c3cc(Cl)ccc3C)C2=O)cc1. The van der Waals surface area contributed by atoms with E-state index in [2.05, 4.69) is 12.2 Å². The Labute approximate surface area is 192 Å². The molecule has 32 heavy (non-hydrogen) atoms. The van der Waals surface area contributed by atoms with Crippen molar-refractivity contribution in [2.45, 2.75) is 33.6 Å². The van der Waals surface area contributed by atoms with Crippen molar-refractivity contribution < 1.29 is 14.4 Å². The van der Waals surface area contributed by atoms with Gasteiger partial charge < -0.3 is 10.2 Å². The molecule has 0 unspecified atom stereocenters. The molecule has 2 aromatic rings. The summed E-state index contributed by atoms with van der Waals surface area (Å²) in [5.74, 6) is -0.266. The number of imide groups is 1. The minimum Gasteiger partial charge on any atom is -0.366 e. The Morgan fingerprint density at radius 2 is 1.69 bits per heavy atom. The summed E-state index contributed by atoms with van der Waals surface area (Å²) in [6.45, 7) is 6.96. The van der Waals surface area contributed by atoms with Crippen molar-refractivity contribution in [2.24, 2.45) is 5.92 Å². The van der Waals surface area contributed by atoms with Crippen molar-refractivity contribution in [2.75, 3.05) is 23.3 Å². The van der Waals surface area contributed by atoms with Crippen LogP contribution in [0, 0.1) is 12.8 Å². The molecule has 2 heterocycles. The highest BCUT2D eigenvalue weighted by atomic mass is 35.5. The zero-order valence-corrected chi connectivity index (χ0v) is 19.2. The number of aryl methyl sites for hydroxylation is 1. The van der Waals surface area contributed by atoms with Crippen LogP contribution in [0.3, 0.4) is 0 Å². The van der Waals surface area contributed by atoms with Crippen LogP contribution < -0.4 is 10.2 Å². The van der Waals surface area contributed by atoms with Crippen molar-refractivity contribution in [1.82, 2.24) is 4.90 Å². The number of benzene rings is 2. The van der Waals surface area contributed by atoms with E-state index in [1.807, 2.05) is 11.8 Å². The standard InChI is InChI=1S/C25H26ClN3O3/c1-15-10-12-28(13-11-15)23-22(18-5-8-20(9-6-18)27-17(3)30)24(31)29(25(23)32)21-14-19(26)7-4-16(21)2/h4-9,14-15H,10-13H2,1-3H3,(H,27,30). The van der Waals surface area contributed by atoms with Gasteiger partial charge in [0.1, 0.15) is 5.70 Å². The van der Waals surface area contributed by atoms with E-state index in [-0.39, 0.29) is 17.7 Å². The second-order valence-corrected chi connectivity index (χ2v) is 8.96. The number of nitrogens with zero attached hydrogens (tertiary/aromatic N) is 2. The number of amides is 3. The lowest BCUT2D eigenvalue weighted by Gasteiger charge is -2.32. The van der Waals surface area contributed by atoms with Crippen molar-refractivity contribution in [3.63, 3.8) is 0 Å². The highest BCUT2D eigenvalue weighted by Crippen LogP contribution is 2.38. The first-order chi connectivity index (χ1) is 15.3. The minimum absolute atomic E-state index is 0.171. The van der Waals surface area contributed by atoms with E-state index in [1.54, 1.807) is 42.5 Å². The number of rotatable bonds is 4. The molecule has 7 heteroatoms. The van der Waals surface area contributed by atoms with Gasteiger partial charge in [0.2, 0.25) is 5.91 Å². The number of nitrogens with one attached hydrogen (secondary N) is 1. The highest BCUT2D eigenvalue weighted by Gasteiger charge is 2.43. The molecule has 0 aliphatic carbocycles. The summed E-state index contributed by atoms with van der Waals surface area (Å²) in [4.78, 5) is 42.0. The number of anilines is 2. The second kappa shape index (κ2) is 8.79. The first-order valence-corrected chi connectivity index (χ1v) is 11.2.